The molecule has 0 aromatic carbocycles. The molecule has 3 rings (SSSR count). The van der Waals surface area contributed by atoms with E-state index in [4.69, 9.17) is 4.74 Å². The van der Waals surface area contributed by atoms with Crippen molar-refractivity contribution in [1.29, 1.82) is 0 Å². The van der Waals surface area contributed by atoms with Crippen LogP contribution in [0.5, 0.6) is 5.88 Å². The highest BCUT2D eigenvalue weighted by atomic mass is 19.4. The van der Waals surface area contributed by atoms with Crippen LogP contribution in [-0.4, -0.2) is 27.9 Å². The Kier molecular flexibility index (Phi) is 3.83. The first-order valence-corrected chi connectivity index (χ1v) is 7.04. The average molecular weight is 325 g/mol. The molecule has 1 atom stereocenters. The van der Waals surface area contributed by atoms with Gasteiger partial charge in [0.15, 0.2) is 6.29 Å². The normalized spacial score (nSPS) is 17.7. The van der Waals surface area contributed by atoms with E-state index in [1.165, 1.54) is 7.11 Å². The molecule has 1 aliphatic rings. The van der Waals surface area contributed by atoms with Crippen molar-refractivity contribution in [3.05, 3.63) is 41.1 Å². The Morgan fingerprint density at radius 1 is 1.43 bits per heavy atom. The molecule has 1 aliphatic heterocycles. The minimum Gasteiger partial charge on any atom is -0.481 e. The number of methoxy groups -OCH3 is 1. The van der Waals surface area contributed by atoms with Crippen LogP contribution in [0.4, 0.5) is 13.2 Å². The minimum absolute atomic E-state index is 0.180. The maximum absolute atomic E-state index is 12.9. The molecule has 0 bridgehead atoms. The van der Waals surface area contributed by atoms with Gasteiger partial charge in [-0.05, 0) is 12.5 Å². The highest BCUT2D eigenvalue weighted by Crippen LogP contribution is 2.37. The first-order valence-electron chi connectivity index (χ1n) is 7.04. The molecular weight excluding hydrogens is 311 g/mol. The SMILES string of the molecule is COc1ncc(C(F)(F)F)cc1C1CCc2nc(C=O)cn2C1. The monoisotopic (exact) mass is 325 g/mol. The van der Waals surface area contributed by atoms with Gasteiger partial charge in [-0.1, -0.05) is 0 Å². The van der Waals surface area contributed by atoms with Gasteiger partial charge in [0.25, 0.3) is 0 Å². The van der Waals surface area contributed by atoms with Crippen molar-refractivity contribution in [2.45, 2.75) is 31.5 Å². The summed E-state index contributed by atoms with van der Waals surface area (Å²) >= 11 is 0. The fourth-order valence-corrected chi connectivity index (χ4v) is 2.86. The van der Waals surface area contributed by atoms with E-state index < -0.39 is 11.7 Å². The number of rotatable bonds is 3. The van der Waals surface area contributed by atoms with E-state index in [1.54, 1.807) is 10.8 Å². The predicted molar refractivity (Wildman–Crippen MR) is 74.5 cm³/mol. The smallest absolute Gasteiger partial charge is 0.417 e. The standard InChI is InChI=1S/C15H14F3N3O2/c1-23-14-12(4-10(5-19-14)15(16,17)18)9-2-3-13-20-11(8-22)7-21(13)6-9/h4-5,7-9H,2-3,6H2,1H3. The fourth-order valence-electron chi connectivity index (χ4n) is 2.86. The number of carbonyl (C=O) groups is 1. The van der Waals surface area contributed by atoms with E-state index in [0.29, 0.717) is 36.9 Å². The van der Waals surface area contributed by atoms with E-state index >= 15 is 0 Å². The molecule has 2 aromatic heterocycles. The predicted octanol–water partition coefficient (Wildman–Crippen LogP) is 2.85. The van der Waals surface area contributed by atoms with Crippen molar-refractivity contribution in [3.8, 4) is 5.88 Å². The Balaban J connectivity index is 1.96. The molecular formula is C15H14F3N3O2. The molecule has 122 valence electrons. The van der Waals surface area contributed by atoms with Gasteiger partial charge in [-0.25, -0.2) is 9.97 Å². The number of imidazole rings is 1. The van der Waals surface area contributed by atoms with Gasteiger partial charge < -0.3 is 9.30 Å². The Bertz CT molecular complexity index is 740. The lowest BCUT2D eigenvalue weighted by Gasteiger charge is -2.25. The number of nitrogens with zero attached hydrogens (tertiary/aromatic N) is 3. The van der Waals surface area contributed by atoms with E-state index in [9.17, 15) is 18.0 Å². The van der Waals surface area contributed by atoms with Crippen LogP contribution in [0.15, 0.2) is 18.5 Å². The molecule has 3 heterocycles. The first-order chi connectivity index (χ1) is 10.9. The minimum atomic E-state index is -4.45. The van der Waals surface area contributed by atoms with Gasteiger partial charge in [-0.15, -0.1) is 0 Å². The molecule has 0 saturated carbocycles. The summed E-state index contributed by atoms with van der Waals surface area (Å²) in [6.45, 7) is 0.440. The van der Waals surface area contributed by atoms with Crippen LogP contribution < -0.4 is 4.74 Å². The zero-order valence-corrected chi connectivity index (χ0v) is 12.3. The zero-order valence-electron chi connectivity index (χ0n) is 12.3. The quantitative estimate of drug-likeness (QED) is 0.814. The molecule has 0 amide bonds. The van der Waals surface area contributed by atoms with Crippen LogP contribution in [0.2, 0.25) is 0 Å². The molecule has 1 unspecified atom stereocenters. The number of pyridine rings is 1. The summed E-state index contributed by atoms with van der Waals surface area (Å²) in [6.07, 6.45) is -0.201. The van der Waals surface area contributed by atoms with Crippen molar-refractivity contribution in [2.24, 2.45) is 0 Å². The van der Waals surface area contributed by atoms with E-state index in [2.05, 4.69) is 9.97 Å². The Hall–Kier alpha value is -2.38. The second-order valence-corrected chi connectivity index (χ2v) is 5.41. The van der Waals surface area contributed by atoms with Gasteiger partial charge in [0.2, 0.25) is 5.88 Å². The van der Waals surface area contributed by atoms with Crippen LogP contribution >= 0.6 is 0 Å². The number of alkyl halides is 3. The first kappa shape index (κ1) is 15.5. The van der Waals surface area contributed by atoms with E-state index in [1.807, 2.05) is 0 Å². The largest absolute Gasteiger partial charge is 0.481 e. The lowest BCUT2D eigenvalue weighted by Crippen LogP contribution is -2.20. The third kappa shape index (κ3) is 2.93. The Morgan fingerprint density at radius 2 is 2.22 bits per heavy atom. The number of halogens is 3. The molecule has 0 radical (unpaired) electrons. The molecule has 0 N–H and O–H groups in total. The molecule has 2 aromatic rings. The van der Waals surface area contributed by atoms with Crippen LogP contribution in [0, 0.1) is 0 Å². The summed E-state index contributed by atoms with van der Waals surface area (Å²) in [7, 11) is 1.38. The molecule has 0 aliphatic carbocycles. The highest BCUT2D eigenvalue weighted by molar-refractivity contribution is 5.71. The number of aromatic nitrogens is 3. The number of fused-ring (bicyclic) bond motifs is 1. The van der Waals surface area contributed by atoms with Crippen molar-refractivity contribution in [1.82, 2.24) is 14.5 Å². The lowest BCUT2D eigenvalue weighted by molar-refractivity contribution is -0.137. The van der Waals surface area contributed by atoms with Crippen LogP contribution in [0.1, 0.15) is 39.8 Å². The van der Waals surface area contributed by atoms with E-state index in [0.717, 1.165) is 18.1 Å². The third-order valence-electron chi connectivity index (χ3n) is 3.97. The number of aldehydes is 1. The van der Waals surface area contributed by atoms with E-state index in [-0.39, 0.29) is 11.8 Å². The summed E-state index contributed by atoms with van der Waals surface area (Å²) in [5, 5.41) is 0. The lowest BCUT2D eigenvalue weighted by atomic mass is 9.91. The van der Waals surface area contributed by atoms with Gasteiger partial charge in [-0.2, -0.15) is 13.2 Å². The number of aryl methyl sites for hydroxylation is 1. The maximum atomic E-state index is 12.9. The van der Waals surface area contributed by atoms with Gasteiger partial charge in [-0.3, -0.25) is 4.79 Å². The summed E-state index contributed by atoms with van der Waals surface area (Å²) < 4.78 is 45.7. The van der Waals surface area contributed by atoms with Gasteiger partial charge in [0.1, 0.15) is 11.5 Å². The number of hydrogen-bond acceptors (Lipinski definition) is 4. The van der Waals surface area contributed by atoms with Gasteiger partial charge >= 0.3 is 6.18 Å². The number of hydrogen-bond donors (Lipinski definition) is 0. The average Bonchev–Trinajstić information content (AvgIpc) is 2.95. The van der Waals surface area contributed by atoms with Gasteiger partial charge in [0, 0.05) is 36.8 Å². The van der Waals surface area contributed by atoms with Crippen LogP contribution in [0.25, 0.3) is 0 Å². The molecule has 0 spiro atoms. The zero-order chi connectivity index (χ0) is 16.6. The van der Waals surface area contributed by atoms with Crippen molar-refractivity contribution in [3.63, 3.8) is 0 Å². The number of carbonyl (C=O) groups excluding carboxylic acids is 1. The molecule has 8 heteroatoms. The summed E-state index contributed by atoms with van der Waals surface area (Å²) in [6, 6.07) is 1.10. The maximum Gasteiger partial charge on any atom is 0.417 e. The van der Waals surface area contributed by atoms with Crippen molar-refractivity contribution < 1.29 is 22.7 Å². The Morgan fingerprint density at radius 3 is 2.87 bits per heavy atom. The Labute approximate surface area is 130 Å². The molecule has 0 fully saturated rings. The summed E-state index contributed by atoms with van der Waals surface area (Å²) in [4.78, 5) is 18.8. The highest BCUT2D eigenvalue weighted by Gasteiger charge is 2.33. The molecule has 5 nitrogen and oxygen atoms in total. The summed E-state index contributed by atoms with van der Waals surface area (Å²) in [5.74, 6) is 0.783. The van der Waals surface area contributed by atoms with Gasteiger partial charge in [0.05, 0.1) is 12.7 Å². The second-order valence-electron chi connectivity index (χ2n) is 5.41. The number of ether oxygens (including phenoxy) is 1. The van der Waals surface area contributed by atoms with Crippen molar-refractivity contribution >= 4 is 6.29 Å². The second kappa shape index (κ2) is 5.68. The topological polar surface area (TPSA) is 57.0 Å². The van der Waals surface area contributed by atoms with Crippen LogP contribution in [0.3, 0.4) is 0 Å². The molecule has 0 saturated heterocycles. The third-order valence-corrected chi connectivity index (χ3v) is 3.97. The molecule has 23 heavy (non-hydrogen) atoms. The summed E-state index contributed by atoms with van der Waals surface area (Å²) in [5.41, 5.74) is -0.0394. The van der Waals surface area contributed by atoms with Crippen LogP contribution in [-0.2, 0) is 19.1 Å². The fraction of sp³-hybridized carbons (Fsp3) is 0.400. The van der Waals surface area contributed by atoms with Crippen molar-refractivity contribution in [2.75, 3.05) is 7.11 Å².